The van der Waals surface area contributed by atoms with Crippen LogP contribution in [0.3, 0.4) is 0 Å². The zero-order valence-electron chi connectivity index (χ0n) is 15.4. The maximum absolute atomic E-state index is 12.2. The van der Waals surface area contributed by atoms with E-state index in [1.54, 1.807) is 6.26 Å². The van der Waals surface area contributed by atoms with Crippen LogP contribution in [-0.2, 0) is 6.42 Å². The Morgan fingerprint density at radius 3 is 2.56 bits per heavy atom. The lowest BCUT2D eigenvalue weighted by molar-refractivity contribution is -0.135. The van der Waals surface area contributed by atoms with Crippen molar-refractivity contribution in [1.29, 1.82) is 0 Å². The molecule has 0 saturated carbocycles. The van der Waals surface area contributed by atoms with E-state index in [4.69, 9.17) is 4.42 Å². The van der Waals surface area contributed by atoms with E-state index in [0.717, 1.165) is 11.3 Å². The van der Waals surface area contributed by atoms with Crippen molar-refractivity contribution in [2.75, 3.05) is 13.1 Å². The molecule has 0 saturated heterocycles. The molecule has 0 fully saturated rings. The van der Waals surface area contributed by atoms with Crippen molar-refractivity contribution in [3.8, 4) is 0 Å². The van der Waals surface area contributed by atoms with E-state index in [9.17, 15) is 13.2 Å². The molecule has 1 atom stereocenters. The average Bonchev–Trinajstić information content (AvgIpc) is 3.14. The fourth-order valence-electron chi connectivity index (χ4n) is 2.57. The molecule has 0 aliphatic heterocycles. The van der Waals surface area contributed by atoms with Gasteiger partial charge in [-0.2, -0.15) is 13.2 Å². The van der Waals surface area contributed by atoms with Crippen molar-refractivity contribution in [3.63, 3.8) is 0 Å². The van der Waals surface area contributed by atoms with E-state index in [2.05, 4.69) is 15.6 Å². The first-order valence-corrected chi connectivity index (χ1v) is 9.13. The smallest absolute Gasteiger partial charge is 0.389 e. The van der Waals surface area contributed by atoms with Gasteiger partial charge in [-0.15, -0.1) is 0 Å². The van der Waals surface area contributed by atoms with Gasteiger partial charge in [-0.25, -0.2) is 0 Å². The summed E-state index contributed by atoms with van der Waals surface area (Å²) in [4.78, 5) is 4.42. The molecule has 0 aliphatic carbocycles. The molecule has 0 spiro atoms. The molecule has 1 heterocycles. The maximum Gasteiger partial charge on any atom is 0.389 e. The van der Waals surface area contributed by atoms with Crippen molar-refractivity contribution < 1.29 is 17.6 Å². The van der Waals surface area contributed by atoms with E-state index in [1.165, 1.54) is 0 Å². The van der Waals surface area contributed by atoms with Gasteiger partial charge >= 0.3 is 6.18 Å². The van der Waals surface area contributed by atoms with Crippen molar-refractivity contribution in [2.24, 2.45) is 4.99 Å². The molecular formula is C20H26F3N3O. The Bertz CT molecular complexity index is 670. The SMILES string of the molecule is CC(NC(=NCCCCC(F)(F)F)NCCc1ccco1)c1ccccc1. The van der Waals surface area contributed by atoms with Gasteiger partial charge in [0.2, 0.25) is 0 Å². The summed E-state index contributed by atoms with van der Waals surface area (Å²) in [7, 11) is 0. The number of halogens is 3. The molecular weight excluding hydrogens is 355 g/mol. The van der Waals surface area contributed by atoms with Crippen LogP contribution in [-0.4, -0.2) is 25.2 Å². The highest BCUT2D eigenvalue weighted by atomic mass is 19.4. The third-order valence-corrected chi connectivity index (χ3v) is 4.04. The molecule has 1 aromatic carbocycles. The molecule has 2 aromatic rings. The number of hydrogen-bond donors (Lipinski definition) is 2. The zero-order valence-corrected chi connectivity index (χ0v) is 15.4. The molecule has 7 heteroatoms. The highest BCUT2D eigenvalue weighted by molar-refractivity contribution is 5.80. The number of furan rings is 1. The number of nitrogens with one attached hydrogen (secondary N) is 2. The fraction of sp³-hybridized carbons (Fsp3) is 0.450. The number of unbranched alkanes of at least 4 members (excludes halogenated alkanes) is 1. The normalized spacial score (nSPS) is 13.4. The summed E-state index contributed by atoms with van der Waals surface area (Å²) in [6.45, 7) is 2.97. The molecule has 0 radical (unpaired) electrons. The van der Waals surface area contributed by atoms with Gasteiger partial charge in [-0.1, -0.05) is 30.3 Å². The number of hydrogen-bond acceptors (Lipinski definition) is 2. The molecule has 1 aromatic heterocycles. The largest absolute Gasteiger partial charge is 0.469 e. The summed E-state index contributed by atoms with van der Waals surface area (Å²) in [5.41, 5.74) is 1.11. The van der Waals surface area contributed by atoms with Crippen LogP contribution in [0, 0.1) is 0 Å². The first-order valence-electron chi connectivity index (χ1n) is 9.13. The van der Waals surface area contributed by atoms with Crippen molar-refractivity contribution >= 4 is 5.96 Å². The van der Waals surface area contributed by atoms with E-state index < -0.39 is 12.6 Å². The molecule has 2 rings (SSSR count). The lowest BCUT2D eigenvalue weighted by Gasteiger charge is -2.18. The van der Waals surface area contributed by atoms with Crippen LogP contribution in [0.4, 0.5) is 13.2 Å². The topological polar surface area (TPSA) is 49.6 Å². The molecule has 4 nitrogen and oxygen atoms in total. The second-order valence-electron chi connectivity index (χ2n) is 6.34. The number of aliphatic imine (C=N–C) groups is 1. The summed E-state index contributed by atoms with van der Waals surface area (Å²) in [6.07, 6.45) is -2.07. The van der Waals surface area contributed by atoms with Crippen molar-refractivity contribution in [1.82, 2.24) is 10.6 Å². The predicted octanol–water partition coefficient (Wildman–Crippen LogP) is 4.85. The summed E-state index contributed by atoms with van der Waals surface area (Å²) < 4.78 is 42.0. The number of alkyl halides is 3. The standard InChI is InChI=1S/C20H26F3N3O/c1-16(17-8-3-2-4-9-17)26-19(24-13-6-5-12-20(21,22)23)25-14-11-18-10-7-15-27-18/h2-4,7-10,15-16H,5-6,11-14H2,1H3,(H2,24,25,26). The van der Waals surface area contributed by atoms with Crippen molar-refractivity contribution in [2.45, 2.75) is 44.8 Å². The van der Waals surface area contributed by atoms with Crippen LogP contribution in [0.15, 0.2) is 58.1 Å². The van der Waals surface area contributed by atoms with Gasteiger partial charge in [0.1, 0.15) is 5.76 Å². The second kappa shape index (κ2) is 10.6. The Morgan fingerprint density at radius 2 is 1.89 bits per heavy atom. The van der Waals surface area contributed by atoms with Crippen molar-refractivity contribution in [3.05, 3.63) is 60.1 Å². The average molecular weight is 381 g/mol. The summed E-state index contributed by atoms with van der Waals surface area (Å²) in [6, 6.07) is 13.7. The fourth-order valence-corrected chi connectivity index (χ4v) is 2.57. The minimum Gasteiger partial charge on any atom is -0.469 e. The predicted molar refractivity (Wildman–Crippen MR) is 101 cm³/mol. The minimum atomic E-state index is -4.10. The van der Waals surface area contributed by atoms with E-state index in [-0.39, 0.29) is 12.5 Å². The highest BCUT2D eigenvalue weighted by Gasteiger charge is 2.25. The molecule has 0 aliphatic rings. The summed E-state index contributed by atoms with van der Waals surface area (Å²) in [5.74, 6) is 1.45. The Labute approximate surface area is 157 Å². The first-order chi connectivity index (χ1) is 12.9. The number of nitrogens with zero attached hydrogens (tertiary/aromatic N) is 1. The van der Waals surface area contributed by atoms with Crippen LogP contribution >= 0.6 is 0 Å². The zero-order chi connectivity index (χ0) is 19.5. The third kappa shape index (κ3) is 8.66. The number of rotatable bonds is 9. The molecule has 0 bridgehead atoms. The van der Waals surface area contributed by atoms with Gasteiger partial charge < -0.3 is 15.1 Å². The van der Waals surface area contributed by atoms with Gasteiger partial charge in [-0.05, 0) is 37.5 Å². The van der Waals surface area contributed by atoms with Crippen LogP contribution in [0.5, 0.6) is 0 Å². The van der Waals surface area contributed by atoms with E-state index in [1.807, 2.05) is 49.4 Å². The molecule has 0 amide bonds. The second-order valence-corrected chi connectivity index (χ2v) is 6.34. The Balaban J connectivity index is 1.87. The number of benzene rings is 1. The lowest BCUT2D eigenvalue weighted by Crippen LogP contribution is -2.39. The van der Waals surface area contributed by atoms with Crippen LogP contribution in [0.1, 0.15) is 43.6 Å². The summed E-state index contributed by atoms with van der Waals surface area (Å²) >= 11 is 0. The minimum absolute atomic E-state index is 0.0243. The molecule has 2 N–H and O–H groups in total. The van der Waals surface area contributed by atoms with Gasteiger partial charge in [0, 0.05) is 25.9 Å². The van der Waals surface area contributed by atoms with E-state index >= 15 is 0 Å². The van der Waals surface area contributed by atoms with Gasteiger partial charge in [0.25, 0.3) is 0 Å². The number of guanidine groups is 1. The Kier molecular flexibility index (Phi) is 8.23. The highest BCUT2D eigenvalue weighted by Crippen LogP contribution is 2.22. The third-order valence-electron chi connectivity index (χ3n) is 4.04. The quantitative estimate of drug-likeness (QED) is 0.371. The van der Waals surface area contributed by atoms with Crippen LogP contribution in [0.25, 0.3) is 0 Å². The Morgan fingerprint density at radius 1 is 1.11 bits per heavy atom. The monoisotopic (exact) mass is 381 g/mol. The maximum atomic E-state index is 12.2. The van der Waals surface area contributed by atoms with Crippen LogP contribution < -0.4 is 10.6 Å². The van der Waals surface area contributed by atoms with Gasteiger partial charge in [0.15, 0.2) is 5.96 Å². The molecule has 1 unspecified atom stereocenters. The van der Waals surface area contributed by atoms with Gasteiger partial charge in [-0.3, -0.25) is 4.99 Å². The Hall–Kier alpha value is -2.44. The molecule has 148 valence electrons. The van der Waals surface area contributed by atoms with E-state index in [0.29, 0.717) is 31.9 Å². The van der Waals surface area contributed by atoms with Gasteiger partial charge in [0.05, 0.1) is 12.3 Å². The summed E-state index contributed by atoms with van der Waals surface area (Å²) in [5, 5.41) is 6.53. The van der Waals surface area contributed by atoms with Crippen LogP contribution in [0.2, 0.25) is 0 Å². The molecule has 27 heavy (non-hydrogen) atoms. The first kappa shape index (κ1) is 20.9. The lowest BCUT2D eigenvalue weighted by atomic mass is 10.1.